The van der Waals surface area contributed by atoms with Gasteiger partial charge in [-0.05, 0) is 18.2 Å². The van der Waals surface area contributed by atoms with Crippen LogP contribution in [-0.4, -0.2) is 44.0 Å². The zero-order valence-corrected chi connectivity index (χ0v) is 13.3. The number of hydrogen-bond donors (Lipinski definition) is 2. The maximum Gasteiger partial charge on any atom is 0.416 e. The van der Waals surface area contributed by atoms with E-state index in [2.05, 4.69) is 22.5 Å². The summed E-state index contributed by atoms with van der Waals surface area (Å²) in [5, 5.41) is 4.91. The number of rotatable bonds is 4. The molecule has 24 heavy (non-hydrogen) atoms. The van der Waals surface area contributed by atoms with Crippen LogP contribution in [-0.2, 0) is 11.0 Å². The van der Waals surface area contributed by atoms with Crippen molar-refractivity contribution in [1.29, 1.82) is 0 Å². The highest BCUT2D eigenvalue weighted by molar-refractivity contribution is 5.78. The van der Waals surface area contributed by atoms with Gasteiger partial charge in [-0.2, -0.15) is 13.2 Å². The van der Waals surface area contributed by atoms with E-state index in [4.69, 9.17) is 0 Å². The lowest BCUT2D eigenvalue weighted by Gasteiger charge is -2.10. The molecular weight excluding hydrogens is 323 g/mol. The van der Waals surface area contributed by atoms with Crippen LogP contribution >= 0.6 is 0 Å². The number of nitrogens with zero attached hydrogens (tertiary/aromatic N) is 1. The third-order valence-corrected chi connectivity index (χ3v) is 2.88. The molecule has 2 N–H and O–H groups in total. The summed E-state index contributed by atoms with van der Waals surface area (Å²) in [6.07, 6.45) is -4.24. The summed E-state index contributed by atoms with van der Waals surface area (Å²) in [6.45, 7) is 0.160. The van der Waals surface area contributed by atoms with Crippen LogP contribution in [0.15, 0.2) is 24.3 Å². The van der Waals surface area contributed by atoms with Crippen molar-refractivity contribution < 1.29 is 22.8 Å². The normalized spacial score (nSPS) is 10.4. The number of amides is 3. The number of benzene rings is 1. The summed E-state index contributed by atoms with van der Waals surface area (Å²) in [4.78, 5) is 24.1. The largest absolute Gasteiger partial charge is 0.416 e. The summed E-state index contributed by atoms with van der Waals surface area (Å²) in [7, 11) is 3.23. The molecule has 0 unspecified atom stereocenters. The molecule has 0 aromatic heterocycles. The van der Waals surface area contributed by atoms with Crippen molar-refractivity contribution in [3.05, 3.63) is 35.4 Å². The summed E-state index contributed by atoms with van der Waals surface area (Å²) in [5.41, 5.74) is -0.561. The maximum absolute atomic E-state index is 12.5. The van der Waals surface area contributed by atoms with Crippen molar-refractivity contribution in [2.75, 3.05) is 27.2 Å². The van der Waals surface area contributed by atoms with E-state index in [-0.39, 0.29) is 31.0 Å². The number of halogens is 3. The molecule has 0 bridgehead atoms. The summed E-state index contributed by atoms with van der Waals surface area (Å²) < 4.78 is 37.6. The highest BCUT2D eigenvalue weighted by Crippen LogP contribution is 2.29. The minimum atomic E-state index is -4.42. The number of carbonyl (C=O) groups excluding carboxylic acids is 2. The highest BCUT2D eigenvalue weighted by atomic mass is 19.4. The van der Waals surface area contributed by atoms with E-state index in [0.29, 0.717) is 0 Å². The first-order chi connectivity index (χ1) is 11.2. The van der Waals surface area contributed by atoms with E-state index < -0.39 is 17.8 Å². The quantitative estimate of drug-likeness (QED) is 0.821. The third kappa shape index (κ3) is 7.05. The monoisotopic (exact) mass is 341 g/mol. The van der Waals surface area contributed by atoms with Crippen molar-refractivity contribution in [1.82, 2.24) is 15.5 Å². The Hall–Kier alpha value is -2.69. The molecular formula is C16H18F3N3O2. The van der Waals surface area contributed by atoms with Crippen LogP contribution in [0, 0.1) is 11.8 Å². The molecule has 1 aromatic rings. The van der Waals surface area contributed by atoms with Crippen LogP contribution in [0.25, 0.3) is 0 Å². The molecule has 1 rings (SSSR count). The maximum atomic E-state index is 12.5. The topological polar surface area (TPSA) is 61.4 Å². The van der Waals surface area contributed by atoms with Crippen LogP contribution in [0.1, 0.15) is 17.5 Å². The fraction of sp³-hybridized carbons (Fsp3) is 0.375. The Morgan fingerprint density at radius 2 is 1.92 bits per heavy atom. The molecule has 0 saturated carbocycles. The second-order valence-corrected chi connectivity index (χ2v) is 5.03. The average molecular weight is 341 g/mol. The molecule has 0 fully saturated rings. The van der Waals surface area contributed by atoms with Crippen LogP contribution in [0.2, 0.25) is 0 Å². The van der Waals surface area contributed by atoms with Gasteiger partial charge < -0.3 is 15.5 Å². The Bertz CT molecular complexity index is 646. The minimum absolute atomic E-state index is 0.0241. The third-order valence-electron chi connectivity index (χ3n) is 2.88. The van der Waals surface area contributed by atoms with Crippen molar-refractivity contribution in [2.24, 2.45) is 0 Å². The molecule has 0 aliphatic rings. The molecule has 130 valence electrons. The fourth-order valence-electron chi connectivity index (χ4n) is 1.61. The van der Waals surface area contributed by atoms with Gasteiger partial charge in [0.2, 0.25) is 5.91 Å². The molecule has 0 spiro atoms. The van der Waals surface area contributed by atoms with E-state index in [9.17, 15) is 22.8 Å². The molecule has 0 radical (unpaired) electrons. The number of alkyl halides is 3. The van der Waals surface area contributed by atoms with Crippen molar-refractivity contribution in [3.8, 4) is 11.8 Å². The second-order valence-electron chi connectivity index (χ2n) is 5.03. The van der Waals surface area contributed by atoms with Crippen LogP contribution in [0.3, 0.4) is 0 Å². The number of hydrogen-bond acceptors (Lipinski definition) is 2. The first-order valence-electron chi connectivity index (χ1n) is 7.08. The first kappa shape index (κ1) is 19.4. The Kier molecular flexibility index (Phi) is 7.11. The van der Waals surface area contributed by atoms with E-state index in [1.54, 1.807) is 14.1 Å². The smallest absolute Gasteiger partial charge is 0.349 e. The van der Waals surface area contributed by atoms with Gasteiger partial charge in [-0.25, -0.2) is 4.79 Å². The summed E-state index contributed by atoms with van der Waals surface area (Å²) in [6, 6.07) is 4.13. The molecule has 5 nitrogen and oxygen atoms in total. The lowest BCUT2D eigenvalue weighted by Crippen LogP contribution is -2.37. The minimum Gasteiger partial charge on any atom is -0.349 e. The van der Waals surface area contributed by atoms with Gasteiger partial charge in [-0.3, -0.25) is 4.79 Å². The summed E-state index contributed by atoms with van der Waals surface area (Å²) >= 11 is 0. The van der Waals surface area contributed by atoms with E-state index in [1.807, 2.05) is 0 Å². The van der Waals surface area contributed by atoms with Crippen LogP contribution < -0.4 is 10.6 Å². The predicted molar refractivity (Wildman–Crippen MR) is 83.0 cm³/mol. The average Bonchev–Trinajstić information content (AvgIpc) is 2.51. The molecule has 0 saturated heterocycles. The molecule has 0 heterocycles. The molecule has 0 atom stereocenters. The fourth-order valence-corrected chi connectivity index (χ4v) is 1.61. The lowest BCUT2D eigenvalue weighted by molar-refractivity contribution is -0.137. The van der Waals surface area contributed by atoms with Gasteiger partial charge in [0.05, 0.1) is 12.1 Å². The van der Waals surface area contributed by atoms with Crippen LogP contribution in [0.5, 0.6) is 0 Å². The molecule has 3 amide bonds. The Labute approximate surface area is 138 Å². The second kappa shape index (κ2) is 8.82. The molecule has 0 aliphatic carbocycles. The molecule has 1 aromatic carbocycles. The van der Waals surface area contributed by atoms with Gasteiger partial charge in [0, 0.05) is 32.6 Å². The standard InChI is InChI=1S/C16H18F3N3O2/c1-22(2)14(23)8-10-21-15(24)20-9-4-6-12-5-3-7-13(11-12)16(17,18)19/h3,5,7,11H,8-10H2,1-2H3,(H2,20,21,24). The SMILES string of the molecule is CN(C)C(=O)CCNC(=O)NCC#Cc1cccc(C(F)(F)F)c1. The van der Waals surface area contributed by atoms with E-state index >= 15 is 0 Å². The van der Waals surface area contributed by atoms with Gasteiger partial charge in [-0.15, -0.1) is 0 Å². The Balaban J connectivity index is 2.39. The first-order valence-corrected chi connectivity index (χ1v) is 7.08. The lowest BCUT2D eigenvalue weighted by atomic mass is 10.1. The van der Waals surface area contributed by atoms with Crippen molar-refractivity contribution >= 4 is 11.9 Å². The predicted octanol–water partition coefficient (Wildman–Crippen LogP) is 1.83. The zero-order valence-electron chi connectivity index (χ0n) is 13.3. The number of nitrogens with one attached hydrogen (secondary N) is 2. The van der Waals surface area contributed by atoms with Gasteiger partial charge in [-0.1, -0.05) is 17.9 Å². The number of urea groups is 1. The van der Waals surface area contributed by atoms with Gasteiger partial charge >= 0.3 is 12.2 Å². The zero-order chi connectivity index (χ0) is 18.2. The Morgan fingerprint density at radius 3 is 2.54 bits per heavy atom. The van der Waals surface area contributed by atoms with E-state index in [0.717, 1.165) is 12.1 Å². The molecule has 0 aliphatic heterocycles. The highest BCUT2D eigenvalue weighted by Gasteiger charge is 2.30. The van der Waals surface area contributed by atoms with Gasteiger partial charge in [0.1, 0.15) is 0 Å². The Morgan fingerprint density at radius 1 is 1.21 bits per heavy atom. The molecule has 8 heteroatoms. The van der Waals surface area contributed by atoms with Gasteiger partial charge in [0.25, 0.3) is 0 Å². The number of carbonyl (C=O) groups is 2. The van der Waals surface area contributed by atoms with Crippen LogP contribution in [0.4, 0.5) is 18.0 Å². The van der Waals surface area contributed by atoms with Crippen molar-refractivity contribution in [2.45, 2.75) is 12.6 Å². The van der Waals surface area contributed by atoms with Crippen molar-refractivity contribution in [3.63, 3.8) is 0 Å². The summed E-state index contributed by atoms with van der Waals surface area (Å²) in [5.74, 6) is 5.00. The van der Waals surface area contributed by atoms with E-state index in [1.165, 1.54) is 17.0 Å². The van der Waals surface area contributed by atoms with Gasteiger partial charge in [0.15, 0.2) is 0 Å².